The Hall–Kier alpha value is -1.88. The molecule has 1 saturated carbocycles. The molecule has 4 nitrogen and oxygen atoms in total. The molecule has 1 aliphatic carbocycles. The number of nitrogens with zero attached hydrogens (tertiary/aromatic N) is 1. The minimum absolute atomic E-state index is 0.472. The maximum Gasteiger partial charge on any atom is 0.187 e. The Bertz CT molecular complexity index is 524. The van der Waals surface area contributed by atoms with Gasteiger partial charge in [-0.05, 0) is 37.2 Å². The lowest BCUT2D eigenvalue weighted by Crippen LogP contribution is -2.40. The maximum absolute atomic E-state index is 5.58. The Morgan fingerprint density at radius 1 is 1.32 bits per heavy atom. The zero-order valence-electron chi connectivity index (χ0n) is 12.8. The number of nitrogens with one attached hydrogen (secondary N) is 2. The average molecular weight is 317 g/mol. The summed E-state index contributed by atoms with van der Waals surface area (Å²) >= 11 is 5.27. The normalized spacial score (nSPS) is 15.5. The number of hydrogen-bond acceptors (Lipinski definition) is 3. The van der Waals surface area contributed by atoms with Crippen molar-refractivity contribution in [2.24, 2.45) is 5.10 Å². The summed E-state index contributed by atoms with van der Waals surface area (Å²) in [7, 11) is 0. The first-order valence-electron chi connectivity index (χ1n) is 7.72. The van der Waals surface area contributed by atoms with Gasteiger partial charge in [-0.2, -0.15) is 5.10 Å². The van der Waals surface area contributed by atoms with Gasteiger partial charge in [0.15, 0.2) is 5.11 Å². The van der Waals surface area contributed by atoms with Crippen LogP contribution in [0, 0.1) is 0 Å². The molecule has 1 aliphatic rings. The minimum Gasteiger partial charge on any atom is -0.489 e. The van der Waals surface area contributed by atoms with Gasteiger partial charge >= 0.3 is 0 Å². The van der Waals surface area contributed by atoms with Gasteiger partial charge in [0.2, 0.25) is 0 Å². The third-order valence-electron chi connectivity index (χ3n) is 3.59. The molecule has 2 N–H and O–H groups in total. The van der Waals surface area contributed by atoms with Gasteiger partial charge in [0.25, 0.3) is 0 Å². The Labute approximate surface area is 137 Å². The summed E-state index contributed by atoms with van der Waals surface area (Å²) in [6.45, 7) is 4.12. The summed E-state index contributed by atoms with van der Waals surface area (Å²) in [5.41, 5.74) is 3.78. The van der Waals surface area contributed by atoms with E-state index < -0.39 is 0 Å². The first kappa shape index (κ1) is 16.5. The largest absolute Gasteiger partial charge is 0.489 e. The van der Waals surface area contributed by atoms with E-state index in [1.54, 1.807) is 12.3 Å². The highest BCUT2D eigenvalue weighted by molar-refractivity contribution is 7.80. The van der Waals surface area contributed by atoms with Crippen LogP contribution >= 0.6 is 12.2 Å². The van der Waals surface area contributed by atoms with E-state index in [0.29, 0.717) is 17.8 Å². The maximum atomic E-state index is 5.58. The molecule has 1 aromatic rings. The van der Waals surface area contributed by atoms with Crippen LogP contribution in [0.3, 0.4) is 0 Å². The molecule has 0 heterocycles. The topological polar surface area (TPSA) is 45.6 Å². The van der Waals surface area contributed by atoms with Gasteiger partial charge in [0.05, 0.1) is 6.21 Å². The summed E-state index contributed by atoms with van der Waals surface area (Å²) in [6.07, 6.45) is 9.68. The smallest absolute Gasteiger partial charge is 0.187 e. The molecule has 0 saturated heterocycles. The second-order valence-electron chi connectivity index (χ2n) is 5.32. The van der Waals surface area contributed by atoms with E-state index in [0.717, 1.165) is 11.3 Å². The molecule has 0 amide bonds. The van der Waals surface area contributed by atoms with Gasteiger partial charge in [-0.1, -0.05) is 44.1 Å². The fourth-order valence-electron chi connectivity index (χ4n) is 2.49. The third kappa shape index (κ3) is 5.48. The van der Waals surface area contributed by atoms with Gasteiger partial charge in [-0.3, -0.25) is 5.43 Å². The quantitative estimate of drug-likeness (QED) is 0.365. The molecule has 0 radical (unpaired) electrons. The number of rotatable bonds is 6. The predicted molar refractivity (Wildman–Crippen MR) is 95.5 cm³/mol. The second kappa shape index (κ2) is 9.20. The fourth-order valence-corrected chi connectivity index (χ4v) is 2.71. The molecular weight excluding hydrogens is 294 g/mol. The van der Waals surface area contributed by atoms with Crippen LogP contribution in [0.4, 0.5) is 0 Å². The summed E-state index contributed by atoms with van der Waals surface area (Å²) in [5.74, 6) is 0.777. The summed E-state index contributed by atoms with van der Waals surface area (Å²) in [6, 6.07) is 8.20. The SMILES string of the molecule is C=CCOc1ccccc1C=NNC(=S)NC1CCCCC1. The van der Waals surface area contributed by atoms with Gasteiger partial charge < -0.3 is 10.1 Å². The zero-order chi connectivity index (χ0) is 15.6. The molecule has 22 heavy (non-hydrogen) atoms. The van der Waals surface area contributed by atoms with E-state index in [-0.39, 0.29) is 0 Å². The van der Waals surface area contributed by atoms with Crippen LogP contribution in [0.2, 0.25) is 0 Å². The molecule has 1 fully saturated rings. The zero-order valence-corrected chi connectivity index (χ0v) is 13.6. The number of benzene rings is 1. The number of hydrazone groups is 1. The molecule has 0 bridgehead atoms. The summed E-state index contributed by atoms with van der Waals surface area (Å²) < 4.78 is 5.58. The molecular formula is C17H23N3OS. The molecule has 5 heteroatoms. The van der Waals surface area contributed by atoms with Crippen LogP contribution in [0.1, 0.15) is 37.7 Å². The molecule has 118 valence electrons. The van der Waals surface area contributed by atoms with Gasteiger partial charge in [-0.25, -0.2) is 0 Å². The lowest BCUT2D eigenvalue weighted by Gasteiger charge is -2.23. The van der Waals surface area contributed by atoms with Crippen molar-refractivity contribution in [2.75, 3.05) is 6.61 Å². The Balaban J connectivity index is 1.83. The molecule has 0 unspecified atom stereocenters. The Morgan fingerprint density at radius 2 is 2.09 bits per heavy atom. The van der Waals surface area contributed by atoms with Crippen molar-refractivity contribution in [1.29, 1.82) is 0 Å². The van der Waals surface area contributed by atoms with Crippen molar-refractivity contribution in [1.82, 2.24) is 10.7 Å². The van der Waals surface area contributed by atoms with Gasteiger partial charge in [0.1, 0.15) is 12.4 Å². The highest BCUT2D eigenvalue weighted by Gasteiger charge is 2.13. The fraction of sp³-hybridized carbons (Fsp3) is 0.412. The predicted octanol–water partition coefficient (Wildman–Crippen LogP) is 3.38. The van der Waals surface area contributed by atoms with Crippen LogP contribution in [0.15, 0.2) is 42.0 Å². The van der Waals surface area contributed by atoms with Crippen LogP contribution in [0.25, 0.3) is 0 Å². The van der Waals surface area contributed by atoms with Gasteiger partial charge in [-0.15, -0.1) is 0 Å². The van der Waals surface area contributed by atoms with E-state index >= 15 is 0 Å². The van der Waals surface area contributed by atoms with Crippen molar-refractivity contribution in [2.45, 2.75) is 38.1 Å². The van der Waals surface area contributed by atoms with Crippen LogP contribution in [-0.2, 0) is 0 Å². The van der Waals surface area contributed by atoms with Crippen molar-refractivity contribution in [3.63, 3.8) is 0 Å². The summed E-state index contributed by atoms with van der Waals surface area (Å²) in [5, 5.41) is 8.08. The minimum atomic E-state index is 0.472. The van der Waals surface area contributed by atoms with Crippen molar-refractivity contribution in [3.05, 3.63) is 42.5 Å². The molecule has 0 aromatic heterocycles. The molecule has 2 rings (SSSR count). The van der Waals surface area contributed by atoms with Crippen LogP contribution in [0.5, 0.6) is 5.75 Å². The van der Waals surface area contributed by atoms with E-state index in [1.165, 1.54) is 32.1 Å². The lowest BCUT2D eigenvalue weighted by molar-refractivity contribution is 0.362. The van der Waals surface area contributed by atoms with Crippen molar-refractivity contribution < 1.29 is 4.74 Å². The van der Waals surface area contributed by atoms with Gasteiger partial charge in [0, 0.05) is 11.6 Å². The molecule has 0 atom stereocenters. The molecule has 1 aromatic carbocycles. The molecule has 0 spiro atoms. The monoisotopic (exact) mass is 317 g/mol. The third-order valence-corrected chi connectivity index (χ3v) is 3.79. The summed E-state index contributed by atoms with van der Waals surface area (Å²) in [4.78, 5) is 0. The molecule has 0 aliphatic heterocycles. The van der Waals surface area contributed by atoms with Crippen molar-refractivity contribution >= 4 is 23.5 Å². The first-order chi connectivity index (χ1) is 10.8. The first-order valence-corrected chi connectivity index (χ1v) is 8.12. The van der Waals surface area contributed by atoms with E-state index in [1.807, 2.05) is 24.3 Å². The lowest BCUT2D eigenvalue weighted by atomic mass is 9.96. The number of para-hydroxylation sites is 1. The Morgan fingerprint density at radius 3 is 2.86 bits per heavy atom. The van der Waals surface area contributed by atoms with Crippen LogP contribution < -0.4 is 15.5 Å². The van der Waals surface area contributed by atoms with E-state index in [2.05, 4.69) is 22.4 Å². The highest BCUT2D eigenvalue weighted by atomic mass is 32.1. The average Bonchev–Trinajstić information content (AvgIpc) is 2.55. The number of thiocarbonyl (C=S) groups is 1. The van der Waals surface area contributed by atoms with Crippen molar-refractivity contribution in [3.8, 4) is 5.75 Å². The van der Waals surface area contributed by atoms with Crippen LogP contribution in [-0.4, -0.2) is 24.0 Å². The Kier molecular flexibility index (Phi) is 6.90. The van der Waals surface area contributed by atoms with E-state index in [9.17, 15) is 0 Å². The number of hydrogen-bond donors (Lipinski definition) is 2. The standard InChI is InChI=1S/C17H23N3OS/c1-2-12-21-16-11-7-6-8-14(16)13-18-20-17(22)19-15-9-4-3-5-10-15/h2,6-8,11,13,15H,1,3-5,9-10,12H2,(H2,19,20,22). The number of ether oxygens (including phenoxy) is 1. The second-order valence-corrected chi connectivity index (χ2v) is 5.72. The highest BCUT2D eigenvalue weighted by Crippen LogP contribution is 2.17. The van der Waals surface area contributed by atoms with E-state index in [4.69, 9.17) is 17.0 Å².